The molecule has 1 amide bonds. The molecule has 28 heavy (non-hydrogen) atoms. The highest BCUT2D eigenvalue weighted by Crippen LogP contribution is 2.31. The van der Waals surface area contributed by atoms with Gasteiger partial charge in [0.15, 0.2) is 5.75 Å². The first-order valence-corrected chi connectivity index (χ1v) is 9.84. The normalized spacial score (nSPS) is 11.1. The molecule has 6 nitrogen and oxygen atoms in total. The van der Waals surface area contributed by atoms with Crippen molar-refractivity contribution in [1.29, 1.82) is 0 Å². The number of aromatic nitrogens is 3. The van der Waals surface area contributed by atoms with Crippen molar-refractivity contribution in [3.05, 3.63) is 71.0 Å². The molecule has 0 saturated carbocycles. The average molecular weight is 392 g/mol. The van der Waals surface area contributed by atoms with Gasteiger partial charge >= 0.3 is 0 Å². The van der Waals surface area contributed by atoms with E-state index in [1.54, 1.807) is 0 Å². The molecule has 0 aliphatic heterocycles. The van der Waals surface area contributed by atoms with Crippen molar-refractivity contribution < 1.29 is 9.53 Å². The number of rotatable bonds is 5. The van der Waals surface area contributed by atoms with Crippen molar-refractivity contribution in [2.24, 2.45) is 0 Å². The van der Waals surface area contributed by atoms with E-state index in [4.69, 9.17) is 4.74 Å². The number of thiazole rings is 1. The Labute approximate surface area is 166 Å². The van der Waals surface area contributed by atoms with Gasteiger partial charge in [-0.3, -0.25) is 9.20 Å². The summed E-state index contributed by atoms with van der Waals surface area (Å²) < 4.78 is 7.89. The van der Waals surface area contributed by atoms with Gasteiger partial charge in [-0.15, -0.1) is 10.2 Å². The van der Waals surface area contributed by atoms with Gasteiger partial charge in [-0.05, 0) is 31.2 Å². The van der Waals surface area contributed by atoms with Crippen LogP contribution in [0.25, 0.3) is 4.96 Å². The zero-order valence-corrected chi connectivity index (χ0v) is 16.7. The molecule has 2 heterocycles. The fourth-order valence-electron chi connectivity index (χ4n) is 2.97. The van der Waals surface area contributed by atoms with Crippen LogP contribution in [0.3, 0.4) is 0 Å². The van der Waals surface area contributed by atoms with Crippen LogP contribution >= 0.6 is 11.3 Å². The van der Waals surface area contributed by atoms with E-state index < -0.39 is 0 Å². The monoisotopic (exact) mass is 392 g/mol. The standard InChI is InChI=1S/C21H20N4O2S/c1-13(2)19-23-24-21-25(19)14(3)18(28-21)20(26)22-16-11-7-8-12-17(16)27-15-9-5-4-6-10-15/h4-13H,1-3H3,(H,22,26). The van der Waals surface area contributed by atoms with Crippen molar-refractivity contribution >= 4 is 27.9 Å². The molecule has 0 aliphatic rings. The molecule has 0 aliphatic carbocycles. The lowest BCUT2D eigenvalue weighted by Gasteiger charge is -2.12. The molecular formula is C21H20N4O2S. The molecule has 2 aromatic heterocycles. The minimum Gasteiger partial charge on any atom is -0.455 e. The van der Waals surface area contributed by atoms with Crippen LogP contribution in [-0.2, 0) is 0 Å². The molecule has 0 spiro atoms. The third-order valence-electron chi connectivity index (χ3n) is 4.34. The van der Waals surface area contributed by atoms with E-state index in [0.29, 0.717) is 22.1 Å². The lowest BCUT2D eigenvalue weighted by Crippen LogP contribution is -2.13. The van der Waals surface area contributed by atoms with Crippen molar-refractivity contribution in [3.8, 4) is 11.5 Å². The van der Waals surface area contributed by atoms with Gasteiger partial charge in [0.05, 0.1) is 5.69 Å². The van der Waals surface area contributed by atoms with Crippen molar-refractivity contribution in [1.82, 2.24) is 14.6 Å². The number of hydrogen-bond donors (Lipinski definition) is 1. The molecule has 142 valence electrons. The fourth-order valence-corrected chi connectivity index (χ4v) is 3.94. The number of benzene rings is 2. The van der Waals surface area contributed by atoms with Gasteiger partial charge in [-0.25, -0.2) is 0 Å². The van der Waals surface area contributed by atoms with Gasteiger partial charge in [-0.2, -0.15) is 0 Å². The third kappa shape index (κ3) is 3.36. The van der Waals surface area contributed by atoms with E-state index in [-0.39, 0.29) is 11.8 Å². The topological polar surface area (TPSA) is 68.5 Å². The van der Waals surface area contributed by atoms with Crippen LogP contribution in [0.4, 0.5) is 5.69 Å². The van der Waals surface area contributed by atoms with Crippen LogP contribution in [0.15, 0.2) is 54.6 Å². The summed E-state index contributed by atoms with van der Waals surface area (Å²) in [7, 11) is 0. The number of amides is 1. The number of hydrogen-bond acceptors (Lipinski definition) is 5. The van der Waals surface area contributed by atoms with Crippen LogP contribution in [0, 0.1) is 6.92 Å². The van der Waals surface area contributed by atoms with Gasteiger partial charge < -0.3 is 10.1 Å². The quantitative estimate of drug-likeness (QED) is 0.502. The summed E-state index contributed by atoms with van der Waals surface area (Å²) in [5, 5.41) is 11.4. The molecular weight excluding hydrogens is 372 g/mol. The second-order valence-corrected chi connectivity index (χ2v) is 7.69. The Hall–Kier alpha value is -3.19. The Morgan fingerprint density at radius 1 is 1.07 bits per heavy atom. The first-order valence-electron chi connectivity index (χ1n) is 9.02. The van der Waals surface area contributed by atoms with Crippen LogP contribution in [-0.4, -0.2) is 20.5 Å². The number of aryl methyl sites for hydroxylation is 1. The van der Waals surface area contributed by atoms with Crippen LogP contribution in [0.1, 0.15) is 41.0 Å². The van der Waals surface area contributed by atoms with Gasteiger partial charge in [0.2, 0.25) is 4.96 Å². The second kappa shape index (κ2) is 7.44. The second-order valence-electron chi connectivity index (χ2n) is 6.71. The number of fused-ring (bicyclic) bond motifs is 1. The Balaban J connectivity index is 1.63. The van der Waals surface area contributed by atoms with Gasteiger partial charge in [0, 0.05) is 11.6 Å². The van der Waals surface area contributed by atoms with Gasteiger partial charge in [0.1, 0.15) is 16.5 Å². The number of carbonyl (C=O) groups excluding carboxylic acids is 1. The molecule has 7 heteroatoms. The molecule has 0 unspecified atom stereocenters. The third-order valence-corrected chi connectivity index (χ3v) is 5.48. The van der Waals surface area contributed by atoms with Gasteiger partial charge in [0.25, 0.3) is 5.91 Å². The van der Waals surface area contributed by atoms with Crippen LogP contribution in [0.2, 0.25) is 0 Å². The highest BCUT2D eigenvalue weighted by atomic mass is 32.1. The lowest BCUT2D eigenvalue weighted by molar-refractivity contribution is 0.102. The minimum atomic E-state index is -0.188. The molecule has 0 bridgehead atoms. The van der Waals surface area contributed by atoms with Gasteiger partial charge in [-0.1, -0.05) is 55.5 Å². The van der Waals surface area contributed by atoms with E-state index in [1.807, 2.05) is 65.9 Å². The predicted octanol–water partition coefficient (Wildman–Crippen LogP) is 5.27. The SMILES string of the molecule is Cc1c(C(=O)Nc2ccccc2Oc2ccccc2)sc2nnc(C(C)C)n12. The fraction of sp³-hybridized carbons (Fsp3) is 0.190. The number of ether oxygens (including phenoxy) is 1. The highest BCUT2D eigenvalue weighted by Gasteiger charge is 2.21. The summed E-state index contributed by atoms with van der Waals surface area (Å²) in [5.41, 5.74) is 1.46. The van der Waals surface area contributed by atoms with Crippen molar-refractivity contribution in [3.63, 3.8) is 0 Å². The lowest BCUT2D eigenvalue weighted by atomic mass is 10.2. The number of nitrogens with zero attached hydrogens (tertiary/aromatic N) is 3. The maximum absolute atomic E-state index is 13.0. The maximum atomic E-state index is 13.0. The summed E-state index contributed by atoms with van der Waals surface area (Å²) in [4.78, 5) is 14.3. The van der Waals surface area contributed by atoms with E-state index in [2.05, 4.69) is 29.4 Å². The molecule has 0 atom stereocenters. The summed E-state index contributed by atoms with van der Waals surface area (Å²) in [6.45, 7) is 6.04. The summed E-state index contributed by atoms with van der Waals surface area (Å²) >= 11 is 1.34. The zero-order valence-electron chi connectivity index (χ0n) is 15.8. The summed E-state index contributed by atoms with van der Waals surface area (Å²) in [6, 6.07) is 16.9. The summed E-state index contributed by atoms with van der Waals surface area (Å²) in [5.74, 6) is 2.19. The molecule has 1 N–H and O–H groups in total. The summed E-state index contributed by atoms with van der Waals surface area (Å²) in [6.07, 6.45) is 0. The zero-order chi connectivity index (χ0) is 19.7. The molecule has 0 saturated heterocycles. The largest absolute Gasteiger partial charge is 0.455 e. The highest BCUT2D eigenvalue weighted by molar-refractivity contribution is 7.19. The molecule has 4 aromatic rings. The van der Waals surface area contributed by atoms with E-state index in [9.17, 15) is 4.79 Å². The Morgan fingerprint density at radius 3 is 2.54 bits per heavy atom. The molecule has 2 aromatic carbocycles. The molecule has 0 fully saturated rings. The predicted molar refractivity (Wildman–Crippen MR) is 111 cm³/mol. The van der Waals surface area contributed by atoms with Crippen LogP contribution < -0.4 is 10.1 Å². The van der Waals surface area contributed by atoms with Crippen molar-refractivity contribution in [2.75, 3.05) is 5.32 Å². The number of nitrogens with one attached hydrogen (secondary N) is 1. The average Bonchev–Trinajstić information content (AvgIpc) is 3.25. The maximum Gasteiger partial charge on any atom is 0.267 e. The van der Waals surface area contributed by atoms with E-state index >= 15 is 0 Å². The van der Waals surface area contributed by atoms with E-state index in [0.717, 1.165) is 16.5 Å². The number of anilines is 1. The molecule has 4 rings (SSSR count). The Bertz CT molecular complexity index is 1130. The smallest absolute Gasteiger partial charge is 0.267 e. The number of para-hydroxylation sites is 3. The molecule has 0 radical (unpaired) electrons. The first-order chi connectivity index (χ1) is 13.5. The Morgan fingerprint density at radius 2 is 1.79 bits per heavy atom. The van der Waals surface area contributed by atoms with E-state index in [1.165, 1.54) is 11.3 Å². The minimum absolute atomic E-state index is 0.188. The van der Waals surface area contributed by atoms with Crippen molar-refractivity contribution in [2.45, 2.75) is 26.7 Å². The Kier molecular flexibility index (Phi) is 4.83. The number of carbonyl (C=O) groups is 1. The first kappa shape index (κ1) is 18.2. The van der Waals surface area contributed by atoms with Crippen LogP contribution in [0.5, 0.6) is 11.5 Å².